The zero-order valence-corrected chi connectivity index (χ0v) is 18.5. The summed E-state index contributed by atoms with van der Waals surface area (Å²) >= 11 is 0. The van der Waals surface area contributed by atoms with E-state index in [4.69, 9.17) is 0 Å². The van der Waals surface area contributed by atoms with Gasteiger partial charge in [-0.2, -0.15) is 5.10 Å². The van der Waals surface area contributed by atoms with E-state index in [9.17, 15) is 13.2 Å². The Labute approximate surface area is 178 Å². The van der Waals surface area contributed by atoms with Gasteiger partial charge in [0.15, 0.2) is 0 Å². The van der Waals surface area contributed by atoms with Gasteiger partial charge in [0.05, 0.1) is 18.2 Å². The largest absolute Gasteiger partial charge is 0.290 e. The topological polar surface area (TPSA) is 94.1 Å². The van der Waals surface area contributed by atoms with Crippen molar-refractivity contribution in [1.82, 2.24) is 20.2 Å². The highest BCUT2D eigenvalue weighted by Gasteiger charge is 2.35. The van der Waals surface area contributed by atoms with Gasteiger partial charge in [0, 0.05) is 49.0 Å². The van der Waals surface area contributed by atoms with Crippen molar-refractivity contribution in [3.05, 3.63) is 46.5 Å². The SMILES string of the molecule is CC1=CC2=C(CC3=C2NN(C)N=C3)N(C(=O)C2CCC(CNS(C)(=O)=O)CC2)C=C1. The third kappa shape index (κ3) is 4.37. The van der Waals surface area contributed by atoms with Gasteiger partial charge in [-0.05, 0) is 56.3 Å². The zero-order valence-electron chi connectivity index (χ0n) is 17.7. The maximum absolute atomic E-state index is 13.5. The molecular formula is C21H29N5O3S. The van der Waals surface area contributed by atoms with Crippen molar-refractivity contribution in [2.45, 2.75) is 39.0 Å². The quantitative estimate of drug-likeness (QED) is 0.710. The summed E-state index contributed by atoms with van der Waals surface area (Å²) in [4.78, 5) is 15.3. The molecule has 0 aromatic heterocycles. The number of rotatable bonds is 4. The highest BCUT2D eigenvalue weighted by molar-refractivity contribution is 7.88. The van der Waals surface area contributed by atoms with Crippen molar-refractivity contribution in [2.24, 2.45) is 16.9 Å². The third-order valence-corrected chi connectivity index (χ3v) is 6.83. The van der Waals surface area contributed by atoms with Crippen LogP contribution in [0, 0.1) is 11.8 Å². The van der Waals surface area contributed by atoms with E-state index in [0.717, 1.165) is 53.8 Å². The van der Waals surface area contributed by atoms with E-state index in [1.165, 1.54) is 6.26 Å². The lowest BCUT2D eigenvalue weighted by atomic mass is 9.81. The maximum Gasteiger partial charge on any atom is 0.233 e. The second-order valence-electron chi connectivity index (χ2n) is 8.57. The molecule has 1 saturated carbocycles. The number of nitrogens with zero attached hydrogens (tertiary/aromatic N) is 3. The molecular weight excluding hydrogens is 402 g/mol. The minimum Gasteiger partial charge on any atom is -0.290 e. The number of hydrogen-bond acceptors (Lipinski definition) is 6. The number of sulfonamides is 1. The fourth-order valence-electron chi connectivity index (χ4n) is 4.48. The molecule has 2 N–H and O–H groups in total. The average molecular weight is 432 g/mol. The summed E-state index contributed by atoms with van der Waals surface area (Å²) in [5.74, 6) is 0.373. The standard InChI is InChI=1S/C21H29N5O3S/c1-14-8-9-26(19-11-17-13-22-25(2)24-20(17)18(19)10-14)21(27)16-6-4-15(5-7-16)12-23-30(3,28)29/h8-10,13,15-16,23-24H,4-7,11-12H2,1-3H3. The fourth-order valence-corrected chi connectivity index (χ4v) is 5.02. The van der Waals surface area contributed by atoms with Crippen LogP contribution in [0.25, 0.3) is 0 Å². The van der Waals surface area contributed by atoms with Gasteiger partial charge < -0.3 is 0 Å². The molecule has 30 heavy (non-hydrogen) atoms. The molecule has 2 aliphatic carbocycles. The van der Waals surface area contributed by atoms with Gasteiger partial charge in [0.1, 0.15) is 0 Å². The van der Waals surface area contributed by atoms with E-state index in [-0.39, 0.29) is 11.8 Å². The van der Waals surface area contributed by atoms with Crippen LogP contribution in [0.15, 0.2) is 51.6 Å². The molecule has 1 amide bonds. The Hall–Kier alpha value is -2.39. The van der Waals surface area contributed by atoms with Crippen molar-refractivity contribution in [1.29, 1.82) is 0 Å². The Morgan fingerprint density at radius 1 is 1.30 bits per heavy atom. The van der Waals surface area contributed by atoms with Crippen LogP contribution in [0.3, 0.4) is 0 Å². The van der Waals surface area contributed by atoms with E-state index < -0.39 is 10.0 Å². The van der Waals surface area contributed by atoms with Crippen LogP contribution in [0.2, 0.25) is 0 Å². The molecule has 0 spiro atoms. The Morgan fingerprint density at radius 3 is 2.73 bits per heavy atom. The van der Waals surface area contributed by atoms with E-state index in [1.807, 2.05) is 37.4 Å². The number of hydrazine groups is 1. The average Bonchev–Trinajstić information content (AvgIpc) is 2.94. The smallest absolute Gasteiger partial charge is 0.233 e. The Bertz CT molecular complexity index is 998. The van der Waals surface area contributed by atoms with Crippen molar-refractivity contribution < 1.29 is 13.2 Å². The molecule has 9 heteroatoms. The number of hydrazone groups is 1. The van der Waals surface area contributed by atoms with Crippen LogP contribution in [0.4, 0.5) is 0 Å². The molecule has 0 atom stereocenters. The first kappa shape index (κ1) is 20.9. The summed E-state index contributed by atoms with van der Waals surface area (Å²) in [6, 6.07) is 0. The summed E-state index contributed by atoms with van der Waals surface area (Å²) in [5, 5.41) is 5.97. The number of allylic oxidation sites excluding steroid dienone is 4. The first-order chi connectivity index (χ1) is 14.2. The predicted molar refractivity (Wildman–Crippen MR) is 116 cm³/mol. The summed E-state index contributed by atoms with van der Waals surface area (Å²) in [7, 11) is -1.32. The predicted octanol–water partition coefficient (Wildman–Crippen LogP) is 1.99. The Kier molecular flexibility index (Phi) is 5.59. The van der Waals surface area contributed by atoms with Gasteiger partial charge >= 0.3 is 0 Å². The van der Waals surface area contributed by atoms with Gasteiger partial charge in [-0.3, -0.25) is 15.1 Å². The summed E-state index contributed by atoms with van der Waals surface area (Å²) in [6.07, 6.45) is 13.0. The van der Waals surface area contributed by atoms with Crippen LogP contribution >= 0.6 is 0 Å². The van der Waals surface area contributed by atoms with Crippen LogP contribution in [-0.2, 0) is 14.8 Å². The minimum atomic E-state index is -3.17. The van der Waals surface area contributed by atoms with Gasteiger partial charge in [0.25, 0.3) is 0 Å². The van der Waals surface area contributed by atoms with E-state index >= 15 is 0 Å². The third-order valence-electron chi connectivity index (χ3n) is 6.14. The van der Waals surface area contributed by atoms with Gasteiger partial charge in [-0.25, -0.2) is 18.3 Å². The molecule has 0 bridgehead atoms. The zero-order chi connectivity index (χ0) is 21.5. The number of amides is 1. The minimum absolute atomic E-state index is 0.0433. The second kappa shape index (κ2) is 8.03. The van der Waals surface area contributed by atoms with Crippen LogP contribution in [-0.4, -0.2) is 50.4 Å². The van der Waals surface area contributed by atoms with Crippen molar-refractivity contribution in [3.8, 4) is 0 Å². The lowest BCUT2D eigenvalue weighted by molar-refractivity contribution is -0.132. The molecule has 8 nitrogen and oxygen atoms in total. The molecule has 162 valence electrons. The summed E-state index contributed by atoms with van der Waals surface area (Å²) in [6.45, 7) is 2.49. The Balaban J connectivity index is 1.47. The van der Waals surface area contributed by atoms with Crippen molar-refractivity contribution in [3.63, 3.8) is 0 Å². The van der Waals surface area contributed by atoms with Gasteiger partial charge in [-0.15, -0.1) is 0 Å². The number of carbonyl (C=O) groups is 1. The molecule has 0 unspecified atom stereocenters. The molecule has 0 radical (unpaired) electrons. The molecule has 4 rings (SSSR count). The lowest BCUT2D eigenvalue weighted by Crippen LogP contribution is -2.36. The molecule has 2 aliphatic heterocycles. The second-order valence-corrected chi connectivity index (χ2v) is 10.4. The lowest BCUT2D eigenvalue weighted by Gasteiger charge is -2.31. The highest BCUT2D eigenvalue weighted by atomic mass is 32.2. The monoisotopic (exact) mass is 431 g/mol. The van der Waals surface area contributed by atoms with E-state index in [0.29, 0.717) is 18.9 Å². The number of carbonyl (C=O) groups excluding carboxylic acids is 1. The number of nitrogens with one attached hydrogen (secondary N) is 2. The number of fused-ring (bicyclic) bond motifs is 1. The molecule has 4 aliphatic rings. The summed E-state index contributed by atoms with van der Waals surface area (Å²) in [5.41, 5.74) is 8.52. The highest BCUT2D eigenvalue weighted by Crippen LogP contribution is 2.39. The fraction of sp³-hybridized carbons (Fsp3) is 0.524. The first-order valence-electron chi connectivity index (χ1n) is 10.4. The van der Waals surface area contributed by atoms with E-state index in [2.05, 4.69) is 21.3 Å². The molecule has 0 saturated heterocycles. The maximum atomic E-state index is 13.5. The molecule has 2 heterocycles. The van der Waals surface area contributed by atoms with Crippen LogP contribution in [0.1, 0.15) is 39.0 Å². The number of hydrogen-bond donors (Lipinski definition) is 2. The molecule has 0 aromatic rings. The van der Waals surface area contributed by atoms with Crippen molar-refractivity contribution >= 4 is 22.1 Å². The molecule has 0 aromatic carbocycles. The van der Waals surface area contributed by atoms with E-state index in [1.54, 1.807) is 5.12 Å². The summed E-state index contributed by atoms with van der Waals surface area (Å²) < 4.78 is 25.3. The Morgan fingerprint density at radius 2 is 2.03 bits per heavy atom. The van der Waals surface area contributed by atoms with Crippen LogP contribution < -0.4 is 10.1 Å². The molecule has 1 fully saturated rings. The van der Waals surface area contributed by atoms with Crippen molar-refractivity contribution in [2.75, 3.05) is 19.8 Å². The normalized spacial score (nSPS) is 26.3. The first-order valence-corrected chi connectivity index (χ1v) is 12.3. The van der Waals surface area contributed by atoms with Gasteiger partial charge in [-0.1, -0.05) is 0 Å². The van der Waals surface area contributed by atoms with Gasteiger partial charge in [0.2, 0.25) is 15.9 Å². The van der Waals surface area contributed by atoms with Crippen LogP contribution in [0.5, 0.6) is 0 Å².